The Balaban J connectivity index is 1.65. The number of esters is 1. The summed E-state index contributed by atoms with van der Waals surface area (Å²) in [6.45, 7) is 6.15. The van der Waals surface area contributed by atoms with Gasteiger partial charge in [-0.05, 0) is 48.8 Å². The third-order valence-electron chi connectivity index (χ3n) is 7.31. The number of primary amides is 1. The highest BCUT2D eigenvalue weighted by molar-refractivity contribution is 6.04. The van der Waals surface area contributed by atoms with Crippen LogP contribution < -0.4 is 5.73 Å². The summed E-state index contributed by atoms with van der Waals surface area (Å²) in [5.41, 5.74) is 7.61. The largest absolute Gasteiger partial charge is 0.461 e. The zero-order valence-electron chi connectivity index (χ0n) is 18.3. The number of aromatic nitrogens is 1. The molecule has 4 rings (SSSR count). The van der Waals surface area contributed by atoms with Crippen molar-refractivity contribution >= 4 is 18.0 Å². The van der Waals surface area contributed by atoms with Crippen molar-refractivity contribution in [3.63, 3.8) is 0 Å². The molecule has 162 valence electrons. The molecule has 1 aromatic heterocycles. The maximum atomic E-state index is 12.8. The number of nitrogens with zero attached hydrogens (tertiary/aromatic N) is 1. The number of rotatable bonds is 5. The van der Waals surface area contributed by atoms with E-state index in [9.17, 15) is 9.59 Å². The molecular weight excluding hydrogens is 388 g/mol. The molecule has 0 radical (unpaired) electrons. The number of carbonyl (C=O) groups is 2. The lowest BCUT2D eigenvalue weighted by Crippen LogP contribution is -2.55. The summed E-state index contributed by atoms with van der Waals surface area (Å²) in [6, 6.07) is 14.2. The van der Waals surface area contributed by atoms with Gasteiger partial charge in [0.2, 0.25) is 5.91 Å². The zero-order valence-corrected chi connectivity index (χ0v) is 18.3. The second-order valence-corrected chi connectivity index (χ2v) is 9.00. The molecule has 1 saturated carbocycles. The zero-order chi connectivity index (χ0) is 22.2. The fraction of sp³-hybridized carbons (Fsp3) is 0.423. The molecule has 1 amide bonds. The van der Waals surface area contributed by atoms with Crippen LogP contribution in [-0.4, -0.2) is 23.0 Å². The van der Waals surface area contributed by atoms with Gasteiger partial charge >= 0.3 is 5.97 Å². The van der Waals surface area contributed by atoms with E-state index >= 15 is 0 Å². The number of hydrogen-bond acceptors (Lipinski definition) is 4. The fourth-order valence-electron chi connectivity index (χ4n) is 5.87. The van der Waals surface area contributed by atoms with Gasteiger partial charge < -0.3 is 10.5 Å². The number of pyridine rings is 1. The van der Waals surface area contributed by atoms with E-state index in [1.54, 1.807) is 0 Å². The average Bonchev–Trinajstić information content (AvgIpc) is 3.03. The molecule has 31 heavy (non-hydrogen) atoms. The summed E-state index contributed by atoms with van der Waals surface area (Å²) in [5, 5.41) is 0. The summed E-state index contributed by atoms with van der Waals surface area (Å²) < 4.78 is 5.57. The first-order valence-electron chi connectivity index (χ1n) is 11.1. The second-order valence-electron chi connectivity index (χ2n) is 9.00. The van der Waals surface area contributed by atoms with Crippen molar-refractivity contribution in [2.45, 2.75) is 39.7 Å². The molecule has 1 aromatic carbocycles. The van der Waals surface area contributed by atoms with Crippen molar-refractivity contribution in [2.24, 2.45) is 34.8 Å². The van der Waals surface area contributed by atoms with Crippen molar-refractivity contribution in [3.8, 4) is 11.1 Å². The average molecular weight is 419 g/mol. The van der Waals surface area contributed by atoms with Gasteiger partial charge in [0.05, 0.1) is 5.69 Å². The van der Waals surface area contributed by atoms with Gasteiger partial charge in [0, 0.05) is 17.7 Å². The molecule has 1 saturated heterocycles. The van der Waals surface area contributed by atoms with Crippen LogP contribution in [0.25, 0.3) is 17.2 Å². The Morgan fingerprint density at radius 1 is 1.19 bits per heavy atom. The van der Waals surface area contributed by atoms with Crippen molar-refractivity contribution in [1.82, 2.24) is 4.98 Å². The van der Waals surface area contributed by atoms with Crippen molar-refractivity contribution in [2.75, 3.05) is 0 Å². The highest BCUT2D eigenvalue weighted by atomic mass is 16.6. The van der Waals surface area contributed by atoms with E-state index < -0.39 is 17.3 Å². The number of carbonyl (C=O) groups excluding carboxylic acids is 2. The minimum absolute atomic E-state index is 0.0123. The topological polar surface area (TPSA) is 82.3 Å². The lowest BCUT2D eigenvalue weighted by atomic mass is 9.53. The van der Waals surface area contributed by atoms with Crippen LogP contribution in [0.3, 0.4) is 0 Å². The standard InChI is InChI=1S/C26H30N2O3/c1-4-21-16(2)14-26(24(27)29)23(17(3)31-25(26)30)22(21)13-12-20-11-10-19(15-28-20)18-8-6-5-7-9-18/h5-13,15-17,21-23H,4,14H2,1-3H3,(H2,27,29)/t16-,17+,21+,22-,23-,26+/m0/s1. The molecule has 2 fully saturated rings. The molecule has 2 aliphatic rings. The normalized spacial score (nSPS) is 32.6. The number of hydrogen-bond donors (Lipinski definition) is 1. The van der Waals surface area contributed by atoms with Crippen molar-refractivity contribution in [1.29, 1.82) is 0 Å². The number of allylic oxidation sites excluding steroid dienone is 1. The Morgan fingerprint density at radius 3 is 2.55 bits per heavy atom. The fourth-order valence-corrected chi connectivity index (χ4v) is 5.87. The monoisotopic (exact) mass is 418 g/mol. The maximum absolute atomic E-state index is 12.8. The van der Waals surface area contributed by atoms with Crippen LogP contribution in [0.2, 0.25) is 0 Å². The first-order chi connectivity index (χ1) is 14.9. The molecule has 2 aromatic rings. The number of benzene rings is 1. The smallest absolute Gasteiger partial charge is 0.322 e. The Hall–Kier alpha value is -2.95. The molecule has 2 N–H and O–H groups in total. The van der Waals surface area contributed by atoms with Crippen molar-refractivity contribution < 1.29 is 14.3 Å². The number of fused-ring (bicyclic) bond motifs is 1. The van der Waals surface area contributed by atoms with Gasteiger partial charge in [0.15, 0.2) is 5.41 Å². The van der Waals surface area contributed by atoms with Gasteiger partial charge in [0.1, 0.15) is 6.10 Å². The summed E-state index contributed by atoms with van der Waals surface area (Å²) in [7, 11) is 0. The van der Waals surface area contributed by atoms with Gasteiger partial charge in [-0.3, -0.25) is 14.6 Å². The van der Waals surface area contributed by atoms with Gasteiger partial charge in [0.25, 0.3) is 0 Å². The van der Waals surface area contributed by atoms with Crippen LogP contribution in [-0.2, 0) is 14.3 Å². The quantitative estimate of drug-likeness (QED) is 0.573. The number of ether oxygens (including phenoxy) is 1. The number of nitrogens with two attached hydrogens (primary N) is 1. The van der Waals surface area contributed by atoms with Gasteiger partial charge in [-0.15, -0.1) is 0 Å². The highest BCUT2D eigenvalue weighted by Gasteiger charge is 2.65. The molecule has 6 atom stereocenters. The van der Waals surface area contributed by atoms with Crippen LogP contribution in [0.15, 0.2) is 54.7 Å². The Bertz CT molecular complexity index is 985. The van der Waals surface area contributed by atoms with Gasteiger partial charge in [-0.2, -0.15) is 0 Å². The Labute approximate surface area is 183 Å². The molecule has 0 unspecified atom stereocenters. The molecule has 1 aliphatic heterocycles. The SMILES string of the molecule is CC[C@H]1[C@H](C=Cc2ccc(-c3ccccc3)cn2)[C@@H]2[C@@H](C)OC(=O)[C@]2(C(N)=O)C[C@@H]1C. The predicted molar refractivity (Wildman–Crippen MR) is 120 cm³/mol. The van der Waals surface area contributed by atoms with Gasteiger partial charge in [-0.25, -0.2) is 0 Å². The van der Waals surface area contributed by atoms with E-state index in [1.807, 2.05) is 43.5 Å². The summed E-state index contributed by atoms with van der Waals surface area (Å²) in [6.07, 6.45) is 7.07. The Kier molecular flexibility index (Phi) is 5.69. The third-order valence-corrected chi connectivity index (χ3v) is 7.31. The van der Waals surface area contributed by atoms with Crippen LogP contribution in [0.4, 0.5) is 0 Å². The minimum Gasteiger partial charge on any atom is -0.461 e. The highest BCUT2D eigenvalue weighted by Crippen LogP contribution is 2.57. The third kappa shape index (κ3) is 3.56. The summed E-state index contributed by atoms with van der Waals surface area (Å²) in [4.78, 5) is 29.9. The number of amides is 1. The van der Waals surface area contributed by atoms with Crippen LogP contribution in [0.5, 0.6) is 0 Å². The van der Waals surface area contributed by atoms with E-state index in [0.29, 0.717) is 12.3 Å². The van der Waals surface area contributed by atoms with E-state index in [0.717, 1.165) is 23.2 Å². The molecule has 5 heteroatoms. The van der Waals surface area contributed by atoms with E-state index in [2.05, 4.69) is 43.1 Å². The first-order valence-corrected chi connectivity index (χ1v) is 11.1. The first kappa shape index (κ1) is 21.3. The van der Waals surface area contributed by atoms with Crippen LogP contribution >= 0.6 is 0 Å². The maximum Gasteiger partial charge on any atom is 0.322 e. The minimum atomic E-state index is -1.23. The van der Waals surface area contributed by atoms with Crippen molar-refractivity contribution in [3.05, 3.63) is 60.4 Å². The van der Waals surface area contributed by atoms with E-state index in [1.165, 1.54) is 0 Å². The summed E-state index contributed by atoms with van der Waals surface area (Å²) >= 11 is 0. The Morgan fingerprint density at radius 2 is 1.94 bits per heavy atom. The predicted octanol–water partition coefficient (Wildman–Crippen LogP) is 4.48. The summed E-state index contributed by atoms with van der Waals surface area (Å²) in [5.74, 6) is -0.722. The molecule has 5 nitrogen and oxygen atoms in total. The lowest BCUT2D eigenvalue weighted by Gasteiger charge is -2.46. The van der Waals surface area contributed by atoms with E-state index in [-0.39, 0.29) is 23.9 Å². The molecular formula is C26H30N2O3. The van der Waals surface area contributed by atoms with Crippen LogP contribution in [0, 0.1) is 29.1 Å². The number of cyclic esters (lactones) is 1. The molecule has 1 aliphatic carbocycles. The van der Waals surface area contributed by atoms with Crippen LogP contribution in [0.1, 0.15) is 39.3 Å². The second kappa shape index (κ2) is 8.29. The lowest BCUT2D eigenvalue weighted by molar-refractivity contribution is -0.156. The molecule has 2 heterocycles. The van der Waals surface area contributed by atoms with Gasteiger partial charge in [-0.1, -0.05) is 62.7 Å². The molecule has 0 bridgehead atoms. The molecule has 0 spiro atoms. The van der Waals surface area contributed by atoms with E-state index in [4.69, 9.17) is 10.5 Å².